The second kappa shape index (κ2) is 8.90. The van der Waals surface area contributed by atoms with Crippen molar-refractivity contribution in [3.05, 3.63) is 0 Å². The monoisotopic (exact) mass is 243 g/mol. The van der Waals surface area contributed by atoms with Gasteiger partial charge in [0.2, 0.25) is 0 Å². The van der Waals surface area contributed by atoms with E-state index < -0.39 is 0 Å². The van der Waals surface area contributed by atoms with Gasteiger partial charge in [0.25, 0.3) is 0 Å². The summed E-state index contributed by atoms with van der Waals surface area (Å²) >= 11 is 0. The molecule has 3 heteroatoms. The Kier molecular flexibility index (Phi) is 7.82. The second-order valence-electron chi connectivity index (χ2n) is 5.27. The first kappa shape index (κ1) is 14.9. The van der Waals surface area contributed by atoms with Gasteiger partial charge in [0.15, 0.2) is 0 Å². The van der Waals surface area contributed by atoms with Crippen LogP contribution in [0, 0.1) is 5.92 Å². The van der Waals surface area contributed by atoms with Crippen molar-refractivity contribution in [2.75, 3.05) is 40.5 Å². The molecule has 102 valence electrons. The van der Waals surface area contributed by atoms with Gasteiger partial charge in [0.05, 0.1) is 0 Å². The van der Waals surface area contributed by atoms with Crippen LogP contribution in [0.25, 0.3) is 0 Å². The van der Waals surface area contributed by atoms with Gasteiger partial charge in [0, 0.05) is 32.5 Å². The molecule has 2 rings (SSSR count). The fourth-order valence-electron chi connectivity index (χ4n) is 2.36. The van der Waals surface area contributed by atoms with Crippen LogP contribution in [-0.4, -0.2) is 51.5 Å². The molecule has 2 fully saturated rings. The molecule has 2 heterocycles. The zero-order valence-electron chi connectivity index (χ0n) is 11.8. The van der Waals surface area contributed by atoms with E-state index in [0.717, 1.165) is 38.4 Å². The van der Waals surface area contributed by atoms with E-state index in [4.69, 9.17) is 9.47 Å². The summed E-state index contributed by atoms with van der Waals surface area (Å²) in [5, 5.41) is 0. The van der Waals surface area contributed by atoms with Crippen molar-refractivity contribution in [3.8, 4) is 0 Å². The van der Waals surface area contributed by atoms with Crippen molar-refractivity contribution >= 4 is 0 Å². The zero-order valence-corrected chi connectivity index (χ0v) is 11.8. The quantitative estimate of drug-likeness (QED) is 0.744. The Balaban J connectivity index is 0.000000171. The van der Waals surface area contributed by atoms with E-state index in [-0.39, 0.29) is 0 Å². The van der Waals surface area contributed by atoms with Crippen LogP contribution < -0.4 is 0 Å². The minimum atomic E-state index is 0.763. The molecule has 0 saturated carbocycles. The van der Waals surface area contributed by atoms with Crippen LogP contribution in [0.2, 0.25) is 0 Å². The number of nitrogens with zero attached hydrogens (tertiary/aromatic N) is 1. The Morgan fingerprint density at radius 1 is 0.882 bits per heavy atom. The molecule has 0 unspecified atom stereocenters. The third kappa shape index (κ3) is 6.39. The standard InChI is InChI=1S/C7H15NO.C7H14O/c1-8(2)7-3-5-9-6-4-7;1-2-7-3-5-8-6-4-7/h7H,3-6H2,1-2H3;7H,2-6H2,1H3. The van der Waals surface area contributed by atoms with E-state index >= 15 is 0 Å². The van der Waals surface area contributed by atoms with Crippen molar-refractivity contribution in [2.24, 2.45) is 5.92 Å². The maximum absolute atomic E-state index is 5.22. The maximum Gasteiger partial charge on any atom is 0.0480 e. The van der Waals surface area contributed by atoms with Crippen LogP contribution in [0.5, 0.6) is 0 Å². The third-order valence-electron chi connectivity index (χ3n) is 3.84. The molecule has 2 saturated heterocycles. The Labute approximate surface area is 106 Å². The van der Waals surface area contributed by atoms with Gasteiger partial charge in [-0.2, -0.15) is 0 Å². The van der Waals surface area contributed by atoms with Crippen LogP contribution in [-0.2, 0) is 9.47 Å². The first-order chi connectivity index (χ1) is 8.24. The highest BCUT2D eigenvalue weighted by Gasteiger charge is 2.14. The minimum Gasteiger partial charge on any atom is -0.381 e. The lowest BCUT2D eigenvalue weighted by Gasteiger charge is -2.27. The molecule has 0 N–H and O–H groups in total. The van der Waals surface area contributed by atoms with Crippen molar-refractivity contribution in [2.45, 2.75) is 45.1 Å². The predicted molar refractivity (Wildman–Crippen MR) is 71.4 cm³/mol. The van der Waals surface area contributed by atoms with Gasteiger partial charge in [-0.3, -0.25) is 0 Å². The topological polar surface area (TPSA) is 21.7 Å². The van der Waals surface area contributed by atoms with Gasteiger partial charge in [-0.05, 0) is 45.7 Å². The summed E-state index contributed by atoms with van der Waals surface area (Å²) < 4.78 is 10.4. The Bertz CT molecular complexity index is 173. The summed E-state index contributed by atoms with van der Waals surface area (Å²) in [5.74, 6) is 0.962. The Morgan fingerprint density at radius 2 is 1.35 bits per heavy atom. The van der Waals surface area contributed by atoms with E-state index in [9.17, 15) is 0 Å². The van der Waals surface area contributed by atoms with E-state index in [0.29, 0.717) is 0 Å². The van der Waals surface area contributed by atoms with Crippen LogP contribution in [0.4, 0.5) is 0 Å². The lowest BCUT2D eigenvalue weighted by atomic mass is 9.98. The predicted octanol–water partition coefficient (Wildman–Crippen LogP) is 2.55. The number of hydrogen-bond acceptors (Lipinski definition) is 3. The average molecular weight is 243 g/mol. The fourth-order valence-corrected chi connectivity index (χ4v) is 2.36. The molecule has 2 aliphatic rings. The third-order valence-corrected chi connectivity index (χ3v) is 3.84. The lowest BCUT2D eigenvalue weighted by molar-refractivity contribution is 0.0506. The Morgan fingerprint density at radius 3 is 1.65 bits per heavy atom. The molecule has 0 spiro atoms. The van der Waals surface area contributed by atoms with Gasteiger partial charge in [0.1, 0.15) is 0 Å². The number of rotatable bonds is 2. The summed E-state index contributed by atoms with van der Waals surface area (Å²) in [4.78, 5) is 2.28. The zero-order chi connectivity index (χ0) is 12.5. The van der Waals surface area contributed by atoms with Crippen molar-refractivity contribution in [1.29, 1.82) is 0 Å². The molecule has 0 amide bonds. The average Bonchev–Trinajstić information content (AvgIpc) is 2.41. The smallest absolute Gasteiger partial charge is 0.0480 e. The largest absolute Gasteiger partial charge is 0.381 e. The van der Waals surface area contributed by atoms with E-state index in [1.54, 1.807) is 0 Å². The highest BCUT2D eigenvalue weighted by atomic mass is 16.5. The van der Waals surface area contributed by atoms with Gasteiger partial charge >= 0.3 is 0 Å². The molecule has 0 aromatic rings. The van der Waals surface area contributed by atoms with Gasteiger partial charge < -0.3 is 14.4 Å². The van der Waals surface area contributed by atoms with Crippen LogP contribution in [0.15, 0.2) is 0 Å². The fraction of sp³-hybridized carbons (Fsp3) is 1.00. The molecule has 3 nitrogen and oxygen atoms in total. The van der Waals surface area contributed by atoms with E-state index in [1.807, 2.05) is 0 Å². The molecule has 0 aromatic carbocycles. The van der Waals surface area contributed by atoms with Gasteiger partial charge in [-0.25, -0.2) is 0 Å². The lowest BCUT2D eigenvalue weighted by Crippen LogP contribution is -2.33. The molecule has 0 radical (unpaired) electrons. The second-order valence-corrected chi connectivity index (χ2v) is 5.27. The van der Waals surface area contributed by atoms with Gasteiger partial charge in [-0.1, -0.05) is 13.3 Å². The molecule has 0 atom stereocenters. The normalized spacial score (nSPS) is 23.3. The van der Waals surface area contributed by atoms with Gasteiger partial charge in [-0.15, -0.1) is 0 Å². The number of hydrogen-bond donors (Lipinski definition) is 0. The molecule has 2 aliphatic heterocycles. The molecule has 0 bridgehead atoms. The van der Waals surface area contributed by atoms with Crippen molar-refractivity contribution in [1.82, 2.24) is 4.90 Å². The molecular formula is C14H29NO2. The summed E-state index contributed by atoms with van der Waals surface area (Å²) in [7, 11) is 4.27. The summed E-state index contributed by atoms with van der Waals surface area (Å²) in [5.41, 5.74) is 0. The summed E-state index contributed by atoms with van der Waals surface area (Å²) in [6.45, 7) is 6.15. The summed E-state index contributed by atoms with van der Waals surface area (Å²) in [6.07, 6.45) is 6.32. The van der Waals surface area contributed by atoms with E-state index in [1.165, 1.54) is 32.1 Å². The first-order valence-corrected chi connectivity index (χ1v) is 7.06. The first-order valence-electron chi connectivity index (χ1n) is 7.06. The molecule has 17 heavy (non-hydrogen) atoms. The summed E-state index contributed by atoms with van der Waals surface area (Å²) in [6, 6.07) is 0.763. The minimum absolute atomic E-state index is 0.763. The van der Waals surface area contributed by atoms with Crippen molar-refractivity contribution in [3.63, 3.8) is 0 Å². The highest BCUT2D eigenvalue weighted by molar-refractivity contribution is 4.68. The van der Waals surface area contributed by atoms with Crippen LogP contribution >= 0.6 is 0 Å². The number of ether oxygens (including phenoxy) is 2. The molecule has 0 aromatic heterocycles. The SMILES string of the molecule is CCC1CCOCC1.CN(C)C1CCOCC1. The van der Waals surface area contributed by atoms with Crippen molar-refractivity contribution < 1.29 is 9.47 Å². The highest BCUT2D eigenvalue weighted by Crippen LogP contribution is 2.16. The molecular weight excluding hydrogens is 214 g/mol. The molecule has 0 aliphatic carbocycles. The van der Waals surface area contributed by atoms with E-state index in [2.05, 4.69) is 25.9 Å². The maximum atomic E-state index is 5.22. The van der Waals surface area contributed by atoms with Crippen LogP contribution in [0.3, 0.4) is 0 Å². The van der Waals surface area contributed by atoms with Crippen LogP contribution in [0.1, 0.15) is 39.0 Å². The Hall–Kier alpha value is -0.120.